The molecule has 0 aromatic rings. The van der Waals surface area contributed by atoms with Gasteiger partial charge < -0.3 is 30.7 Å². The first-order valence-electron chi connectivity index (χ1n) is 10.7. The van der Waals surface area contributed by atoms with Crippen molar-refractivity contribution in [3.8, 4) is 0 Å². The van der Waals surface area contributed by atoms with Gasteiger partial charge in [0.05, 0.1) is 43.2 Å². The van der Waals surface area contributed by atoms with Gasteiger partial charge in [-0.05, 0) is 18.8 Å². The number of primary amides is 1. The summed E-state index contributed by atoms with van der Waals surface area (Å²) in [6.45, 7) is 6.30. The number of nitrogens with two attached hydrogens (primary N) is 2. The first kappa shape index (κ1) is 26.3. The first-order valence-corrected chi connectivity index (χ1v) is 10.7. The molecule has 1 aliphatic rings. The van der Waals surface area contributed by atoms with Crippen LogP contribution in [0.2, 0.25) is 0 Å². The van der Waals surface area contributed by atoms with Crippen LogP contribution in [-0.2, 0) is 23.9 Å². The third-order valence-corrected chi connectivity index (χ3v) is 6.51. The number of hydrogen-bond donors (Lipinski definition) is 2. The Balaban J connectivity index is 3.04. The van der Waals surface area contributed by atoms with Gasteiger partial charge in [0, 0.05) is 27.8 Å². The lowest BCUT2D eigenvalue weighted by atomic mass is 9.90. The van der Waals surface area contributed by atoms with Crippen molar-refractivity contribution in [2.45, 2.75) is 70.7 Å². The van der Waals surface area contributed by atoms with E-state index in [2.05, 4.69) is 0 Å². The molecule has 0 saturated carbocycles. The number of amides is 3. The Labute approximate surface area is 180 Å². The van der Waals surface area contributed by atoms with Crippen molar-refractivity contribution < 1.29 is 23.9 Å². The van der Waals surface area contributed by atoms with Crippen molar-refractivity contribution in [3.05, 3.63) is 0 Å². The molecule has 0 unspecified atom stereocenters. The summed E-state index contributed by atoms with van der Waals surface area (Å²) in [6.07, 6.45) is 1.62. The molecule has 0 bridgehead atoms. The predicted molar refractivity (Wildman–Crippen MR) is 114 cm³/mol. The molecular formula is C21H40N4O5. The molecule has 1 saturated heterocycles. The van der Waals surface area contributed by atoms with Gasteiger partial charge in [0.1, 0.15) is 0 Å². The summed E-state index contributed by atoms with van der Waals surface area (Å²) in [4.78, 5) is 40.6. The van der Waals surface area contributed by atoms with E-state index in [0.717, 1.165) is 19.3 Å². The molecule has 4 N–H and O–H groups in total. The van der Waals surface area contributed by atoms with E-state index in [4.69, 9.17) is 20.9 Å². The fourth-order valence-electron chi connectivity index (χ4n) is 4.48. The zero-order valence-electron chi connectivity index (χ0n) is 19.3. The highest BCUT2D eigenvalue weighted by Gasteiger charge is 2.41. The Bertz CT molecular complexity index is 588. The molecule has 1 aliphatic heterocycles. The van der Waals surface area contributed by atoms with Crippen molar-refractivity contribution in [3.63, 3.8) is 0 Å². The van der Waals surface area contributed by atoms with E-state index in [1.54, 1.807) is 30.9 Å². The molecule has 0 aromatic heterocycles. The standard InChI is InChI=1S/C21H40N4O5/c1-7-13(2)19(24(4)18(27)12-22)16(29-5)11-17(26)25-10-8-9-15(25)20(30-6)14(3)21(23)28/h13-16,19-20H,7-12,22H2,1-6H3,(H2,23,28)/t13-,14+,15-,16+,19-,20+/m0/s1. The topological polar surface area (TPSA) is 128 Å². The van der Waals surface area contributed by atoms with E-state index in [0.29, 0.717) is 6.54 Å². The number of carbonyl (C=O) groups excluding carboxylic acids is 3. The highest BCUT2D eigenvalue weighted by Crippen LogP contribution is 2.28. The predicted octanol–water partition coefficient (Wildman–Crippen LogP) is 0.351. The Morgan fingerprint density at radius 1 is 1.20 bits per heavy atom. The van der Waals surface area contributed by atoms with Crippen molar-refractivity contribution >= 4 is 17.7 Å². The highest BCUT2D eigenvalue weighted by atomic mass is 16.5. The normalized spacial score (nSPS) is 21.6. The average molecular weight is 429 g/mol. The molecule has 1 fully saturated rings. The van der Waals surface area contributed by atoms with E-state index >= 15 is 0 Å². The number of carbonyl (C=O) groups is 3. The highest BCUT2D eigenvalue weighted by molar-refractivity contribution is 5.80. The van der Waals surface area contributed by atoms with Crippen LogP contribution in [0.5, 0.6) is 0 Å². The second-order valence-electron chi connectivity index (χ2n) is 8.25. The summed E-state index contributed by atoms with van der Waals surface area (Å²) in [5.41, 5.74) is 11.0. The van der Waals surface area contributed by atoms with Crippen molar-refractivity contribution in [2.24, 2.45) is 23.3 Å². The number of hydrogen-bond acceptors (Lipinski definition) is 6. The Morgan fingerprint density at radius 3 is 2.30 bits per heavy atom. The van der Waals surface area contributed by atoms with Crippen molar-refractivity contribution in [1.82, 2.24) is 9.80 Å². The Morgan fingerprint density at radius 2 is 1.83 bits per heavy atom. The maximum Gasteiger partial charge on any atom is 0.236 e. The molecule has 174 valence electrons. The summed E-state index contributed by atoms with van der Waals surface area (Å²) in [5, 5.41) is 0. The summed E-state index contributed by atoms with van der Waals surface area (Å²) in [5.74, 6) is -1.10. The van der Waals surface area contributed by atoms with Gasteiger partial charge in [-0.3, -0.25) is 14.4 Å². The lowest BCUT2D eigenvalue weighted by Gasteiger charge is -2.39. The second-order valence-corrected chi connectivity index (χ2v) is 8.25. The largest absolute Gasteiger partial charge is 0.379 e. The van der Waals surface area contributed by atoms with Gasteiger partial charge in [-0.2, -0.15) is 0 Å². The monoisotopic (exact) mass is 428 g/mol. The van der Waals surface area contributed by atoms with Crippen LogP contribution in [0.15, 0.2) is 0 Å². The smallest absolute Gasteiger partial charge is 0.236 e. The Kier molecular flexibility index (Phi) is 10.7. The third-order valence-electron chi connectivity index (χ3n) is 6.51. The molecule has 1 heterocycles. The van der Waals surface area contributed by atoms with Gasteiger partial charge in [0.15, 0.2) is 0 Å². The van der Waals surface area contributed by atoms with E-state index in [1.807, 2.05) is 13.8 Å². The molecule has 9 heteroatoms. The SMILES string of the molecule is CC[C@H](C)[C@@H]([C@@H](CC(=O)N1CCC[C@H]1[C@H](OC)[C@@H](C)C(N)=O)OC)N(C)C(=O)CN. The molecule has 0 spiro atoms. The van der Waals surface area contributed by atoms with Gasteiger partial charge in [-0.25, -0.2) is 0 Å². The summed E-state index contributed by atoms with van der Waals surface area (Å²) >= 11 is 0. The van der Waals surface area contributed by atoms with E-state index < -0.39 is 24.0 Å². The molecule has 9 nitrogen and oxygen atoms in total. The average Bonchev–Trinajstić information content (AvgIpc) is 3.21. The third kappa shape index (κ3) is 6.15. The molecule has 0 aromatic carbocycles. The van der Waals surface area contributed by atoms with Crippen LogP contribution in [0.4, 0.5) is 0 Å². The van der Waals surface area contributed by atoms with E-state index in [1.165, 1.54) is 7.11 Å². The molecular weight excluding hydrogens is 388 g/mol. The minimum absolute atomic E-state index is 0.0787. The quantitative estimate of drug-likeness (QED) is 0.462. The molecule has 30 heavy (non-hydrogen) atoms. The van der Waals surface area contributed by atoms with Crippen LogP contribution in [0, 0.1) is 11.8 Å². The van der Waals surface area contributed by atoms with Crippen LogP contribution >= 0.6 is 0 Å². The number of ether oxygens (including phenoxy) is 2. The van der Waals surface area contributed by atoms with Crippen LogP contribution in [0.1, 0.15) is 46.5 Å². The van der Waals surface area contributed by atoms with Gasteiger partial charge in [-0.15, -0.1) is 0 Å². The molecule has 6 atom stereocenters. The summed E-state index contributed by atoms with van der Waals surface area (Å²) in [7, 11) is 4.80. The van der Waals surface area contributed by atoms with Crippen molar-refractivity contribution in [1.29, 1.82) is 0 Å². The number of methoxy groups -OCH3 is 2. The molecule has 3 amide bonds. The van der Waals surface area contributed by atoms with Gasteiger partial charge >= 0.3 is 0 Å². The van der Waals surface area contributed by atoms with Gasteiger partial charge in [0.25, 0.3) is 0 Å². The molecule has 0 radical (unpaired) electrons. The van der Waals surface area contributed by atoms with Crippen LogP contribution < -0.4 is 11.5 Å². The fraction of sp³-hybridized carbons (Fsp3) is 0.857. The number of nitrogens with zero attached hydrogens (tertiary/aromatic N) is 2. The Hall–Kier alpha value is -1.71. The minimum atomic E-state index is -0.507. The van der Waals surface area contributed by atoms with E-state index in [9.17, 15) is 14.4 Å². The van der Waals surface area contributed by atoms with E-state index in [-0.39, 0.29) is 42.8 Å². The first-order chi connectivity index (χ1) is 14.1. The maximum absolute atomic E-state index is 13.3. The van der Waals surface area contributed by atoms with Gasteiger partial charge in [-0.1, -0.05) is 27.2 Å². The lowest BCUT2D eigenvalue weighted by Crippen LogP contribution is -2.53. The number of likely N-dealkylation sites (N-methyl/N-ethyl adjacent to an activating group) is 1. The lowest BCUT2D eigenvalue weighted by molar-refractivity contribution is -0.145. The van der Waals surface area contributed by atoms with Crippen LogP contribution in [-0.4, -0.2) is 86.2 Å². The van der Waals surface area contributed by atoms with Crippen molar-refractivity contribution in [2.75, 3.05) is 34.4 Å². The van der Waals surface area contributed by atoms with Gasteiger partial charge in [0.2, 0.25) is 17.7 Å². The fourth-order valence-corrected chi connectivity index (χ4v) is 4.48. The summed E-state index contributed by atoms with van der Waals surface area (Å²) < 4.78 is 11.3. The number of likely N-dealkylation sites (tertiary alicyclic amines) is 1. The minimum Gasteiger partial charge on any atom is -0.379 e. The zero-order chi connectivity index (χ0) is 23.0. The zero-order valence-corrected chi connectivity index (χ0v) is 19.3. The van der Waals surface area contributed by atoms with Crippen LogP contribution in [0.3, 0.4) is 0 Å². The second kappa shape index (κ2) is 12.2. The number of rotatable bonds is 12. The molecule has 0 aliphatic carbocycles. The van der Waals surface area contributed by atoms with Crippen LogP contribution in [0.25, 0.3) is 0 Å². The summed E-state index contributed by atoms with van der Waals surface area (Å²) in [6, 6.07) is -0.489. The molecule has 1 rings (SSSR count). The maximum atomic E-state index is 13.3.